The summed E-state index contributed by atoms with van der Waals surface area (Å²) in [6.45, 7) is 4.80. The SMILES string of the molecule is CC(O)CO.CCC(O)C(C)O. The maximum atomic E-state index is 8.69. The Bertz CT molecular complexity index is 83.1. The second-order valence-electron chi connectivity index (χ2n) is 2.75. The van der Waals surface area contributed by atoms with E-state index in [0.29, 0.717) is 6.42 Å². The standard InChI is InChI=1S/C5H12O2.C3H8O2/c1-3-5(7)4(2)6;1-3(5)2-4/h4-7H,3H2,1-2H3;3-5H,2H2,1H3. The molecule has 0 rings (SSSR count). The first-order valence-electron chi connectivity index (χ1n) is 4.10. The van der Waals surface area contributed by atoms with Crippen molar-refractivity contribution in [1.29, 1.82) is 0 Å². The van der Waals surface area contributed by atoms with Crippen LogP contribution in [0.25, 0.3) is 0 Å². The highest BCUT2D eigenvalue weighted by atomic mass is 16.3. The van der Waals surface area contributed by atoms with Gasteiger partial charge in [-0.1, -0.05) is 6.92 Å². The maximum absolute atomic E-state index is 8.69. The summed E-state index contributed by atoms with van der Waals surface area (Å²) in [5, 5.41) is 33.3. The largest absolute Gasteiger partial charge is 0.394 e. The van der Waals surface area contributed by atoms with Gasteiger partial charge in [-0.15, -0.1) is 0 Å². The van der Waals surface area contributed by atoms with E-state index in [2.05, 4.69) is 0 Å². The molecule has 0 aromatic carbocycles. The van der Waals surface area contributed by atoms with Crippen LogP contribution in [0.2, 0.25) is 0 Å². The Morgan fingerprint density at radius 2 is 1.42 bits per heavy atom. The van der Waals surface area contributed by atoms with E-state index in [1.807, 2.05) is 6.92 Å². The molecule has 4 nitrogen and oxygen atoms in total. The van der Waals surface area contributed by atoms with Crippen LogP contribution in [0.4, 0.5) is 0 Å². The summed E-state index contributed by atoms with van der Waals surface area (Å²) in [6.07, 6.45) is -1.06. The first-order chi connectivity index (χ1) is 5.45. The van der Waals surface area contributed by atoms with E-state index in [-0.39, 0.29) is 6.61 Å². The smallest absolute Gasteiger partial charge is 0.0793 e. The van der Waals surface area contributed by atoms with Crippen molar-refractivity contribution in [2.24, 2.45) is 0 Å². The number of aliphatic hydroxyl groups excluding tert-OH is 4. The third-order valence-corrected chi connectivity index (χ3v) is 1.24. The molecule has 12 heavy (non-hydrogen) atoms. The minimum atomic E-state index is -0.579. The van der Waals surface area contributed by atoms with Crippen LogP contribution in [-0.4, -0.2) is 45.3 Å². The summed E-state index contributed by atoms with van der Waals surface area (Å²) in [7, 11) is 0. The molecular formula is C8H20O4. The van der Waals surface area contributed by atoms with Crippen LogP contribution in [0.3, 0.4) is 0 Å². The second kappa shape index (κ2) is 8.93. The normalized spacial score (nSPS) is 17.2. The molecule has 0 aliphatic carbocycles. The molecule has 4 N–H and O–H groups in total. The first kappa shape index (κ1) is 14.4. The van der Waals surface area contributed by atoms with Crippen molar-refractivity contribution in [2.75, 3.05) is 6.61 Å². The van der Waals surface area contributed by atoms with Crippen molar-refractivity contribution < 1.29 is 20.4 Å². The fraction of sp³-hybridized carbons (Fsp3) is 1.00. The molecule has 0 bridgehead atoms. The summed E-state index contributed by atoms with van der Waals surface area (Å²) in [6, 6.07) is 0. The molecule has 3 atom stereocenters. The van der Waals surface area contributed by atoms with E-state index in [1.54, 1.807) is 6.92 Å². The molecule has 0 aliphatic heterocycles. The van der Waals surface area contributed by atoms with E-state index in [0.717, 1.165) is 0 Å². The van der Waals surface area contributed by atoms with Crippen LogP contribution in [0, 0.1) is 0 Å². The lowest BCUT2D eigenvalue weighted by Crippen LogP contribution is -2.20. The highest BCUT2D eigenvalue weighted by molar-refractivity contribution is 4.56. The monoisotopic (exact) mass is 180 g/mol. The summed E-state index contributed by atoms with van der Waals surface area (Å²) >= 11 is 0. The molecule has 0 aromatic heterocycles. The van der Waals surface area contributed by atoms with E-state index >= 15 is 0 Å². The zero-order chi connectivity index (χ0) is 10.1. The van der Waals surface area contributed by atoms with Crippen molar-refractivity contribution in [1.82, 2.24) is 0 Å². The molecule has 0 aromatic rings. The number of hydrogen-bond donors (Lipinski definition) is 4. The Balaban J connectivity index is 0. The van der Waals surface area contributed by atoms with Gasteiger partial charge < -0.3 is 20.4 Å². The Kier molecular flexibility index (Phi) is 10.7. The van der Waals surface area contributed by atoms with E-state index in [1.165, 1.54) is 6.92 Å². The van der Waals surface area contributed by atoms with Crippen LogP contribution in [0.5, 0.6) is 0 Å². The minimum absolute atomic E-state index is 0.139. The van der Waals surface area contributed by atoms with Crippen LogP contribution in [0.1, 0.15) is 27.2 Å². The summed E-state index contributed by atoms with van der Waals surface area (Å²) < 4.78 is 0. The molecule has 0 saturated heterocycles. The molecular weight excluding hydrogens is 160 g/mol. The third kappa shape index (κ3) is 12.5. The Morgan fingerprint density at radius 1 is 1.08 bits per heavy atom. The molecule has 3 unspecified atom stereocenters. The summed E-state index contributed by atoms with van der Waals surface area (Å²) in [5.74, 6) is 0. The maximum Gasteiger partial charge on any atom is 0.0793 e. The van der Waals surface area contributed by atoms with Gasteiger partial charge in [0.1, 0.15) is 0 Å². The van der Waals surface area contributed by atoms with E-state index in [9.17, 15) is 0 Å². The van der Waals surface area contributed by atoms with E-state index in [4.69, 9.17) is 20.4 Å². The van der Waals surface area contributed by atoms with Gasteiger partial charge in [-0.3, -0.25) is 0 Å². The zero-order valence-electron chi connectivity index (χ0n) is 7.94. The van der Waals surface area contributed by atoms with E-state index < -0.39 is 18.3 Å². The number of aliphatic hydroxyl groups is 4. The molecule has 0 spiro atoms. The van der Waals surface area contributed by atoms with Crippen LogP contribution < -0.4 is 0 Å². The summed E-state index contributed by atoms with van der Waals surface area (Å²) in [4.78, 5) is 0. The zero-order valence-corrected chi connectivity index (χ0v) is 7.94. The highest BCUT2D eigenvalue weighted by Crippen LogP contribution is 1.94. The van der Waals surface area contributed by atoms with Gasteiger partial charge in [-0.05, 0) is 20.3 Å². The molecule has 4 heteroatoms. The first-order valence-corrected chi connectivity index (χ1v) is 4.10. The van der Waals surface area contributed by atoms with Gasteiger partial charge in [0.2, 0.25) is 0 Å². The predicted molar refractivity (Wildman–Crippen MR) is 46.7 cm³/mol. The van der Waals surface area contributed by atoms with Gasteiger partial charge in [-0.2, -0.15) is 0 Å². The van der Waals surface area contributed by atoms with Crippen LogP contribution >= 0.6 is 0 Å². The summed E-state index contributed by atoms with van der Waals surface area (Å²) in [5.41, 5.74) is 0. The third-order valence-electron chi connectivity index (χ3n) is 1.24. The van der Waals surface area contributed by atoms with Gasteiger partial charge in [-0.25, -0.2) is 0 Å². The quantitative estimate of drug-likeness (QED) is 0.472. The van der Waals surface area contributed by atoms with Crippen LogP contribution in [0.15, 0.2) is 0 Å². The van der Waals surface area contributed by atoms with Gasteiger partial charge in [0.15, 0.2) is 0 Å². The average Bonchev–Trinajstić information content (AvgIpc) is 2.04. The van der Waals surface area contributed by atoms with Gasteiger partial charge in [0.05, 0.1) is 24.9 Å². The average molecular weight is 180 g/mol. The number of rotatable bonds is 3. The fourth-order valence-corrected chi connectivity index (χ4v) is 0.341. The van der Waals surface area contributed by atoms with Crippen molar-refractivity contribution in [3.63, 3.8) is 0 Å². The topological polar surface area (TPSA) is 80.9 Å². The Morgan fingerprint density at radius 3 is 1.42 bits per heavy atom. The van der Waals surface area contributed by atoms with Crippen LogP contribution in [-0.2, 0) is 0 Å². The molecule has 0 fully saturated rings. The highest BCUT2D eigenvalue weighted by Gasteiger charge is 2.05. The van der Waals surface area contributed by atoms with Crippen molar-refractivity contribution in [3.05, 3.63) is 0 Å². The lowest BCUT2D eigenvalue weighted by Gasteiger charge is -2.08. The minimum Gasteiger partial charge on any atom is -0.394 e. The Labute approximate surface area is 73.5 Å². The fourth-order valence-electron chi connectivity index (χ4n) is 0.341. The molecule has 0 heterocycles. The van der Waals surface area contributed by atoms with Gasteiger partial charge in [0, 0.05) is 0 Å². The molecule has 0 aliphatic rings. The molecule has 0 saturated carbocycles. The van der Waals surface area contributed by atoms with Crippen molar-refractivity contribution in [2.45, 2.75) is 45.5 Å². The molecule has 0 radical (unpaired) electrons. The lowest BCUT2D eigenvalue weighted by atomic mass is 10.2. The van der Waals surface area contributed by atoms with Gasteiger partial charge in [0.25, 0.3) is 0 Å². The van der Waals surface area contributed by atoms with Crippen molar-refractivity contribution >= 4 is 0 Å². The lowest BCUT2D eigenvalue weighted by molar-refractivity contribution is 0.0294. The second-order valence-corrected chi connectivity index (χ2v) is 2.75. The molecule has 0 amide bonds. The number of hydrogen-bond acceptors (Lipinski definition) is 4. The molecule has 76 valence electrons. The van der Waals surface area contributed by atoms with Crippen molar-refractivity contribution in [3.8, 4) is 0 Å². The predicted octanol–water partition coefficient (Wildman–Crippen LogP) is -0.502. The van der Waals surface area contributed by atoms with Gasteiger partial charge >= 0.3 is 0 Å². The Hall–Kier alpha value is -0.160.